The summed E-state index contributed by atoms with van der Waals surface area (Å²) in [5.74, 6) is 0.735. The molecule has 9 nitrogen and oxygen atoms in total. The van der Waals surface area contributed by atoms with E-state index in [0.29, 0.717) is 22.8 Å². The minimum atomic E-state index is -0.463. The molecule has 0 aliphatic heterocycles. The third-order valence-corrected chi connectivity index (χ3v) is 3.62. The fraction of sp³-hybridized carbons (Fsp3) is 0.125. The lowest BCUT2D eigenvalue weighted by molar-refractivity contribution is -0.384. The van der Waals surface area contributed by atoms with E-state index in [1.165, 1.54) is 23.0 Å². The quantitative estimate of drug-likeness (QED) is 0.432. The molecule has 1 N–H and O–H groups in total. The zero-order valence-corrected chi connectivity index (χ0v) is 13.5. The molecule has 3 aromatic rings. The van der Waals surface area contributed by atoms with Gasteiger partial charge in [-0.05, 0) is 19.4 Å². The zero-order chi connectivity index (χ0) is 18.0. The van der Waals surface area contributed by atoms with Crippen LogP contribution in [0.15, 0.2) is 36.7 Å². The number of nitro groups is 1. The van der Waals surface area contributed by atoms with Gasteiger partial charge >= 0.3 is 0 Å². The van der Waals surface area contributed by atoms with Crippen molar-refractivity contribution in [3.8, 4) is 5.82 Å². The van der Waals surface area contributed by atoms with Crippen LogP contribution < -0.4 is 5.32 Å². The van der Waals surface area contributed by atoms with Gasteiger partial charge in [0.15, 0.2) is 12.1 Å². The Balaban J connectivity index is 1.93. The number of aldehydes is 1. The van der Waals surface area contributed by atoms with Crippen molar-refractivity contribution >= 4 is 23.6 Å². The molecule has 9 heteroatoms. The molecule has 0 saturated heterocycles. The van der Waals surface area contributed by atoms with Crippen LogP contribution in [0.2, 0.25) is 0 Å². The number of non-ortho nitro benzene ring substituents is 1. The number of benzene rings is 1. The summed E-state index contributed by atoms with van der Waals surface area (Å²) in [5, 5.41) is 18.1. The normalized spacial score (nSPS) is 10.5. The van der Waals surface area contributed by atoms with Crippen molar-refractivity contribution in [1.82, 2.24) is 19.7 Å². The van der Waals surface area contributed by atoms with E-state index in [4.69, 9.17) is 0 Å². The van der Waals surface area contributed by atoms with E-state index in [9.17, 15) is 14.9 Å². The van der Waals surface area contributed by atoms with Gasteiger partial charge in [-0.15, -0.1) is 0 Å². The van der Waals surface area contributed by atoms with Crippen LogP contribution in [0.3, 0.4) is 0 Å². The van der Waals surface area contributed by atoms with Gasteiger partial charge in [0.25, 0.3) is 5.69 Å². The number of anilines is 2. The number of aromatic nitrogens is 4. The van der Waals surface area contributed by atoms with Gasteiger partial charge in [-0.3, -0.25) is 14.9 Å². The summed E-state index contributed by atoms with van der Waals surface area (Å²) in [6, 6.07) is 6.16. The second-order valence-corrected chi connectivity index (χ2v) is 5.35. The first-order valence-corrected chi connectivity index (χ1v) is 7.35. The monoisotopic (exact) mass is 338 g/mol. The van der Waals surface area contributed by atoms with E-state index in [-0.39, 0.29) is 11.6 Å². The molecule has 25 heavy (non-hydrogen) atoms. The van der Waals surface area contributed by atoms with Crippen molar-refractivity contribution in [2.45, 2.75) is 13.8 Å². The Kier molecular flexibility index (Phi) is 4.21. The number of carbonyl (C=O) groups is 1. The number of hydrogen-bond donors (Lipinski definition) is 1. The van der Waals surface area contributed by atoms with Crippen molar-refractivity contribution in [1.29, 1.82) is 0 Å². The van der Waals surface area contributed by atoms with Gasteiger partial charge in [0.2, 0.25) is 5.95 Å². The average molecular weight is 338 g/mol. The largest absolute Gasteiger partial charge is 0.324 e. The van der Waals surface area contributed by atoms with Gasteiger partial charge in [0.05, 0.1) is 21.9 Å². The highest BCUT2D eigenvalue weighted by atomic mass is 16.6. The minimum Gasteiger partial charge on any atom is -0.324 e. The van der Waals surface area contributed by atoms with Gasteiger partial charge in [0.1, 0.15) is 0 Å². The van der Waals surface area contributed by atoms with E-state index in [1.54, 1.807) is 25.3 Å². The summed E-state index contributed by atoms with van der Waals surface area (Å²) in [4.78, 5) is 29.9. The number of aryl methyl sites for hydroxylation is 2. The molecule has 0 fully saturated rings. The molecule has 0 aliphatic rings. The SMILES string of the molecule is Cc1ccc([N+](=O)[O-])cc1Nc1nccc(-n2cc(C=O)c(C)n2)n1. The Labute approximate surface area is 142 Å². The predicted octanol–water partition coefficient (Wildman–Crippen LogP) is 2.74. The smallest absolute Gasteiger partial charge is 0.271 e. The molecule has 126 valence electrons. The van der Waals surface area contributed by atoms with Crippen molar-refractivity contribution in [3.63, 3.8) is 0 Å². The lowest BCUT2D eigenvalue weighted by Crippen LogP contribution is -2.04. The highest BCUT2D eigenvalue weighted by Crippen LogP contribution is 2.24. The molecule has 0 bridgehead atoms. The number of carbonyl (C=O) groups excluding carboxylic acids is 1. The summed E-state index contributed by atoms with van der Waals surface area (Å²) in [7, 11) is 0. The van der Waals surface area contributed by atoms with Gasteiger partial charge in [0, 0.05) is 30.6 Å². The molecule has 0 atom stereocenters. The van der Waals surface area contributed by atoms with Crippen LogP contribution in [0.4, 0.5) is 17.3 Å². The molecule has 0 unspecified atom stereocenters. The summed E-state index contributed by atoms with van der Waals surface area (Å²) >= 11 is 0. The van der Waals surface area contributed by atoms with E-state index < -0.39 is 4.92 Å². The number of nitro benzene ring substituents is 1. The van der Waals surface area contributed by atoms with Gasteiger partial charge in [-0.1, -0.05) is 6.07 Å². The Morgan fingerprint density at radius 1 is 1.28 bits per heavy atom. The van der Waals surface area contributed by atoms with Gasteiger partial charge in [-0.25, -0.2) is 9.67 Å². The van der Waals surface area contributed by atoms with Crippen LogP contribution in [-0.4, -0.2) is 31.0 Å². The molecule has 3 rings (SSSR count). The van der Waals surface area contributed by atoms with Crippen LogP contribution in [0.1, 0.15) is 21.6 Å². The Bertz CT molecular complexity index is 966. The second-order valence-electron chi connectivity index (χ2n) is 5.35. The number of hydrogen-bond acceptors (Lipinski definition) is 7. The molecule has 0 amide bonds. The fourth-order valence-electron chi connectivity index (χ4n) is 2.22. The molecule has 2 aromatic heterocycles. The van der Waals surface area contributed by atoms with Crippen LogP contribution in [0, 0.1) is 24.0 Å². The van der Waals surface area contributed by atoms with Crippen LogP contribution >= 0.6 is 0 Å². The first kappa shape index (κ1) is 16.2. The highest BCUT2D eigenvalue weighted by molar-refractivity contribution is 5.76. The van der Waals surface area contributed by atoms with Crippen molar-refractivity contribution in [2.75, 3.05) is 5.32 Å². The number of nitrogens with one attached hydrogen (secondary N) is 1. The Morgan fingerprint density at radius 3 is 2.76 bits per heavy atom. The Hall–Kier alpha value is -3.62. The molecular formula is C16H14N6O3. The van der Waals surface area contributed by atoms with E-state index in [1.807, 2.05) is 6.92 Å². The topological polar surface area (TPSA) is 116 Å². The standard InChI is InChI=1S/C16H14N6O3/c1-10-3-4-13(22(24)25)7-14(10)18-16-17-6-5-15(19-16)21-8-12(9-23)11(2)20-21/h3-9H,1-2H3,(H,17,18,19). The van der Waals surface area contributed by atoms with Crippen LogP contribution in [0.25, 0.3) is 5.82 Å². The number of rotatable bonds is 5. The van der Waals surface area contributed by atoms with E-state index in [2.05, 4.69) is 20.4 Å². The second kappa shape index (κ2) is 6.48. The van der Waals surface area contributed by atoms with Gasteiger partial charge < -0.3 is 5.32 Å². The lowest BCUT2D eigenvalue weighted by atomic mass is 10.2. The predicted molar refractivity (Wildman–Crippen MR) is 90.4 cm³/mol. The lowest BCUT2D eigenvalue weighted by Gasteiger charge is -2.09. The maximum Gasteiger partial charge on any atom is 0.271 e. The molecule has 2 heterocycles. The maximum atomic E-state index is 11.0. The van der Waals surface area contributed by atoms with Crippen LogP contribution in [0.5, 0.6) is 0 Å². The van der Waals surface area contributed by atoms with Crippen molar-refractivity contribution < 1.29 is 9.72 Å². The molecule has 0 spiro atoms. The van der Waals surface area contributed by atoms with Crippen molar-refractivity contribution in [3.05, 3.63) is 63.6 Å². The van der Waals surface area contributed by atoms with E-state index >= 15 is 0 Å². The molecule has 0 saturated carbocycles. The molecule has 0 radical (unpaired) electrons. The van der Waals surface area contributed by atoms with Crippen molar-refractivity contribution in [2.24, 2.45) is 0 Å². The maximum absolute atomic E-state index is 11.0. The molecular weight excluding hydrogens is 324 g/mol. The third kappa shape index (κ3) is 3.34. The number of nitrogens with zero attached hydrogens (tertiary/aromatic N) is 5. The first-order chi connectivity index (χ1) is 12.0. The molecule has 0 aliphatic carbocycles. The molecule has 1 aromatic carbocycles. The highest BCUT2D eigenvalue weighted by Gasteiger charge is 2.11. The summed E-state index contributed by atoms with van der Waals surface area (Å²) in [6.07, 6.45) is 3.84. The minimum absolute atomic E-state index is 0.0254. The summed E-state index contributed by atoms with van der Waals surface area (Å²) in [5.41, 5.74) is 2.40. The van der Waals surface area contributed by atoms with Crippen LogP contribution in [-0.2, 0) is 0 Å². The first-order valence-electron chi connectivity index (χ1n) is 7.35. The Morgan fingerprint density at radius 2 is 2.08 bits per heavy atom. The summed E-state index contributed by atoms with van der Waals surface area (Å²) in [6.45, 7) is 3.55. The average Bonchev–Trinajstić information content (AvgIpc) is 2.98. The third-order valence-electron chi connectivity index (χ3n) is 3.62. The summed E-state index contributed by atoms with van der Waals surface area (Å²) < 4.78 is 1.48. The van der Waals surface area contributed by atoms with Gasteiger partial charge in [-0.2, -0.15) is 10.1 Å². The zero-order valence-electron chi connectivity index (χ0n) is 13.5. The fourth-order valence-corrected chi connectivity index (χ4v) is 2.22. The van der Waals surface area contributed by atoms with E-state index in [0.717, 1.165) is 11.8 Å².